The quantitative estimate of drug-likeness (QED) is 0.862. The van der Waals surface area contributed by atoms with Crippen molar-refractivity contribution in [1.29, 1.82) is 0 Å². The summed E-state index contributed by atoms with van der Waals surface area (Å²) in [6.07, 6.45) is 0.275. The Morgan fingerprint density at radius 2 is 2.19 bits per heavy atom. The van der Waals surface area contributed by atoms with Crippen LogP contribution in [0.3, 0.4) is 0 Å². The number of amides is 2. The first kappa shape index (κ1) is 15.8. The van der Waals surface area contributed by atoms with Crippen LogP contribution in [0.4, 0.5) is 4.79 Å². The summed E-state index contributed by atoms with van der Waals surface area (Å²) >= 11 is 3.42. The van der Waals surface area contributed by atoms with Gasteiger partial charge >= 0.3 is 12.0 Å². The van der Waals surface area contributed by atoms with E-state index in [-0.39, 0.29) is 13.0 Å². The van der Waals surface area contributed by atoms with E-state index in [9.17, 15) is 14.7 Å². The molecule has 1 fully saturated rings. The molecule has 1 saturated heterocycles. The van der Waals surface area contributed by atoms with Gasteiger partial charge in [-0.2, -0.15) is 0 Å². The Labute approximate surface area is 131 Å². The van der Waals surface area contributed by atoms with E-state index in [4.69, 9.17) is 4.74 Å². The molecule has 0 aromatic heterocycles. The van der Waals surface area contributed by atoms with Crippen LogP contribution in [0.25, 0.3) is 0 Å². The highest BCUT2D eigenvalue weighted by molar-refractivity contribution is 9.10. The van der Waals surface area contributed by atoms with Gasteiger partial charge in [0, 0.05) is 31.1 Å². The van der Waals surface area contributed by atoms with Crippen LogP contribution >= 0.6 is 15.9 Å². The van der Waals surface area contributed by atoms with E-state index in [1.54, 1.807) is 7.05 Å². The number of aliphatic carboxylic acids is 1. The maximum Gasteiger partial charge on any atom is 0.332 e. The van der Waals surface area contributed by atoms with E-state index in [0.29, 0.717) is 13.2 Å². The third-order valence-corrected chi connectivity index (χ3v) is 4.26. The van der Waals surface area contributed by atoms with Crippen LogP contribution in [0.1, 0.15) is 12.0 Å². The normalized spacial score (nSPS) is 21.0. The summed E-state index contributed by atoms with van der Waals surface area (Å²) in [5.74, 6) is -1.07. The van der Waals surface area contributed by atoms with Gasteiger partial charge in [0.25, 0.3) is 0 Å². The molecule has 0 bridgehead atoms. The van der Waals surface area contributed by atoms with Crippen molar-refractivity contribution in [2.75, 3.05) is 20.3 Å². The smallest absolute Gasteiger partial charge is 0.332 e. The lowest BCUT2D eigenvalue weighted by molar-refractivity contribution is -0.144. The topological polar surface area (TPSA) is 78.9 Å². The number of hydrogen-bond acceptors (Lipinski definition) is 3. The van der Waals surface area contributed by atoms with Gasteiger partial charge in [-0.3, -0.25) is 0 Å². The van der Waals surface area contributed by atoms with E-state index < -0.39 is 17.5 Å². The van der Waals surface area contributed by atoms with Gasteiger partial charge in [-0.05, 0) is 11.6 Å². The molecule has 0 saturated carbocycles. The van der Waals surface area contributed by atoms with E-state index >= 15 is 0 Å². The number of halogens is 1. The van der Waals surface area contributed by atoms with Crippen molar-refractivity contribution in [3.05, 3.63) is 34.3 Å². The largest absolute Gasteiger partial charge is 0.479 e. The molecule has 1 aromatic rings. The second-order valence-corrected chi connectivity index (χ2v) is 5.92. The summed E-state index contributed by atoms with van der Waals surface area (Å²) in [7, 11) is 1.63. The van der Waals surface area contributed by atoms with Crippen molar-refractivity contribution in [2.24, 2.45) is 0 Å². The second-order valence-electron chi connectivity index (χ2n) is 5.07. The lowest BCUT2D eigenvalue weighted by atomic mass is 9.99. The van der Waals surface area contributed by atoms with Crippen molar-refractivity contribution in [3.63, 3.8) is 0 Å². The molecule has 21 heavy (non-hydrogen) atoms. The number of carboxylic acids is 1. The molecule has 1 atom stereocenters. The standard InChI is InChI=1S/C14H17BrN2O4/c1-17(8-10-4-2-3-5-11(10)15)13(20)16-14(12(18)19)6-7-21-9-14/h2-5H,6-9H2,1H3,(H,16,20)(H,18,19). The summed E-state index contributed by atoms with van der Waals surface area (Å²) < 4.78 is 6.02. The molecule has 1 aliphatic heterocycles. The van der Waals surface area contributed by atoms with Gasteiger partial charge < -0.3 is 20.1 Å². The Hall–Kier alpha value is -1.60. The molecular weight excluding hydrogens is 340 g/mol. The van der Waals surface area contributed by atoms with E-state index in [1.165, 1.54) is 4.90 Å². The average Bonchev–Trinajstić information content (AvgIpc) is 2.91. The second kappa shape index (κ2) is 6.44. The first-order chi connectivity index (χ1) is 9.94. The minimum atomic E-state index is -1.32. The maximum absolute atomic E-state index is 12.2. The molecule has 1 aliphatic rings. The monoisotopic (exact) mass is 356 g/mol. The first-order valence-electron chi connectivity index (χ1n) is 6.52. The average molecular weight is 357 g/mol. The summed E-state index contributed by atoms with van der Waals surface area (Å²) in [5, 5.41) is 11.9. The molecule has 2 N–H and O–H groups in total. The molecule has 0 radical (unpaired) electrons. The SMILES string of the molecule is CN(Cc1ccccc1Br)C(=O)NC1(C(=O)O)CCOC1. The van der Waals surface area contributed by atoms with E-state index in [2.05, 4.69) is 21.2 Å². The molecule has 6 nitrogen and oxygen atoms in total. The molecule has 1 unspecified atom stereocenters. The zero-order chi connectivity index (χ0) is 15.5. The maximum atomic E-state index is 12.2. The van der Waals surface area contributed by atoms with Gasteiger partial charge in [0.05, 0.1) is 6.61 Å². The highest BCUT2D eigenvalue weighted by Crippen LogP contribution is 2.20. The van der Waals surface area contributed by atoms with Gasteiger partial charge in [0.2, 0.25) is 0 Å². The van der Waals surface area contributed by atoms with Gasteiger partial charge in [0.1, 0.15) is 0 Å². The van der Waals surface area contributed by atoms with Crippen molar-refractivity contribution in [1.82, 2.24) is 10.2 Å². The van der Waals surface area contributed by atoms with Crippen molar-refractivity contribution in [3.8, 4) is 0 Å². The van der Waals surface area contributed by atoms with Crippen LogP contribution in [-0.2, 0) is 16.1 Å². The van der Waals surface area contributed by atoms with Gasteiger partial charge in [-0.15, -0.1) is 0 Å². The summed E-state index contributed by atoms with van der Waals surface area (Å²) in [5.41, 5.74) is -0.374. The predicted molar refractivity (Wildman–Crippen MR) is 79.9 cm³/mol. The fraction of sp³-hybridized carbons (Fsp3) is 0.429. The van der Waals surface area contributed by atoms with Crippen LogP contribution < -0.4 is 5.32 Å². The van der Waals surface area contributed by atoms with Crippen molar-refractivity contribution < 1.29 is 19.4 Å². The third kappa shape index (κ3) is 3.54. The molecule has 0 spiro atoms. The Kier molecular flexibility index (Phi) is 4.84. The lowest BCUT2D eigenvalue weighted by Crippen LogP contribution is -2.57. The summed E-state index contributed by atoms with van der Waals surface area (Å²) in [6.45, 7) is 0.710. The molecule has 7 heteroatoms. The number of rotatable bonds is 4. The van der Waals surface area contributed by atoms with Crippen molar-refractivity contribution in [2.45, 2.75) is 18.5 Å². The van der Waals surface area contributed by atoms with Gasteiger partial charge in [-0.1, -0.05) is 34.1 Å². The fourth-order valence-corrected chi connectivity index (χ4v) is 2.55. The number of hydrogen-bond donors (Lipinski definition) is 2. The Balaban J connectivity index is 2.03. The highest BCUT2D eigenvalue weighted by atomic mass is 79.9. The molecular formula is C14H17BrN2O4. The molecule has 1 aromatic carbocycles. The number of carbonyl (C=O) groups is 2. The van der Waals surface area contributed by atoms with Crippen LogP contribution in [0.5, 0.6) is 0 Å². The van der Waals surface area contributed by atoms with E-state index in [0.717, 1.165) is 10.0 Å². The van der Waals surface area contributed by atoms with Gasteiger partial charge in [0.15, 0.2) is 5.54 Å². The minimum absolute atomic E-state index is 0.00303. The summed E-state index contributed by atoms with van der Waals surface area (Å²) in [6, 6.07) is 7.14. The Morgan fingerprint density at radius 3 is 2.76 bits per heavy atom. The molecule has 2 rings (SSSR count). The molecule has 0 aliphatic carbocycles. The number of carbonyl (C=O) groups excluding carboxylic acids is 1. The zero-order valence-corrected chi connectivity index (χ0v) is 13.2. The molecule has 114 valence electrons. The van der Waals surface area contributed by atoms with Crippen LogP contribution in [-0.4, -0.2) is 47.8 Å². The number of carboxylic acid groups (broad SMARTS) is 1. The Morgan fingerprint density at radius 1 is 1.48 bits per heavy atom. The number of nitrogens with one attached hydrogen (secondary N) is 1. The van der Waals surface area contributed by atoms with E-state index in [1.807, 2.05) is 24.3 Å². The van der Waals surface area contributed by atoms with Crippen molar-refractivity contribution >= 4 is 27.9 Å². The molecule has 2 amide bonds. The third-order valence-electron chi connectivity index (χ3n) is 3.49. The van der Waals surface area contributed by atoms with Crippen LogP contribution in [0.15, 0.2) is 28.7 Å². The van der Waals surface area contributed by atoms with Crippen LogP contribution in [0.2, 0.25) is 0 Å². The molecule has 1 heterocycles. The number of ether oxygens (including phenoxy) is 1. The summed E-state index contributed by atoms with van der Waals surface area (Å²) in [4.78, 5) is 25.0. The minimum Gasteiger partial charge on any atom is -0.479 e. The Bertz CT molecular complexity index is 544. The number of benzene rings is 1. The highest BCUT2D eigenvalue weighted by Gasteiger charge is 2.44. The predicted octanol–water partition coefficient (Wildman–Crippen LogP) is 1.83. The number of nitrogens with zero attached hydrogens (tertiary/aromatic N) is 1. The fourth-order valence-electron chi connectivity index (χ4n) is 2.14. The number of urea groups is 1. The zero-order valence-electron chi connectivity index (χ0n) is 11.6. The van der Waals surface area contributed by atoms with Gasteiger partial charge in [-0.25, -0.2) is 9.59 Å². The first-order valence-corrected chi connectivity index (χ1v) is 7.32. The lowest BCUT2D eigenvalue weighted by Gasteiger charge is -2.27. The van der Waals surface area contributed by atoms with Crippen LogP contribution in [0, 0.1) is 0 Å².